The van der Waals surface area contributed by atoms with Crippen LogP contribution in [0.25, 0.3) is 5.69 Å². The summed E-state index contributed by atoms with van der Waals surface area (Å²) in [5.41, 5.74) is 1.86. The average Bonchev–Trinajstić information content (AvgIpc) is 3.22. The standard InChI is InChI=1S/C17H17ClN4O2/c1-11(2)16-15(17(23)19-10-14-4-3-9-24-14)20-21-22(16)13-7-5-12(18)6-8-13/h3-9,11H,10H2,1-2H3,(H,19,23). The summed E-state index contributed by atoms with van der Waals surface area (Å²) in [7, 11) is 0. The van der Waals surface area contributed by atoms with Crippen LogP contribution < -0.4 is 5.32 Å². The molecule has 0 aliphatic heterocycles. The molecule has 0 spiro atoms. The van der Waals surface area contributed by atoms with Crippen molar-refractivity contribution in [2.24, 2.45) is 0 Å². The first-order valence-electron chi connectivity index (χ1n) is 7.58. The maximum absolute atomic E-state index is 12.5. The molecule has 7 heteroatoms. The number of benzene rings is 1. The molecular formula is C17H17ClN4O2. The zero-order valence-corrected chi connectivity index (χ0v) is 14.1. The molecule has 124 valence electrons. The SMILES string of the molecule is CC(C)c1c(C(=O)NCc2ccco2)nnn1-c1ccc(Cl)cc1. The quantitative estimate of drug-likeness (QED) is 0.768. The van der Waals surface area contributed by atoms with Crippen LogP contribution in [0.4, 0.5) is 0 Å². The molecule has 24 heavy (non-hydrogen) atoms. The highest BCUT2D eigenvalue weighted by Crippen LogP contribution is 2.22. The van der Waals surface area contributed by atoms with E-state index < -0.39 is 0 Å². The molecule has 0 radical (unpaired) electrons. The fourth-order valence-corrected chi connectivity index (χ4v) is 2.53. The van der Waals surface area contributed by atoms with E-state index in [4.69, 9.17) is 16.0 Å². The van der Waals surface area contributed by atoms with Crippen molar-refractivity contribution in [1.82, 2.24) is 20.3 Å². The summed E-state index contributed by atoms with van der Waals surface area (Å²) in [6.45, 7) is 4.29. The molecular weight excluding hydrogens is 328 g/mol. The second kappa shape index (κ2) is 6.88. The van der Waals surface area contributed by atoms with E-state index in [0.29, 0.717) is 23.0 Å². The van der Waals surface area contributed by atoms with Crippen molar-refractivity contribution in [3.05, 3.63) is 64.8 Å². The van der Waals surface area contributed by atoms with Crippen LogP contribution in [0.2, 0.25) is 5.02 Å². The van der Waals surface area contributed by atoms with Crippen LogP contribution in [0.5, 0.6) is 0 Å². The second-order valence-electron chi connectivity index (χ2n) is 5.63. The van der Waals surface area contributed by atoms with E-state index in [1.54, 1.807) is 35.2 Å². The Hall–Kier alpha value is -2.60. The fraction of sp³-hybridized carbons (Fsp3) is 0.235. The predicted octanol–water partition coefficient (Wildman–Crippen LogP) is 3.57. The Morgan fingerprint density at radius 3 is 2.67 bits per heavy atom. The van der Waals surface area contributed by atoms with Crippen molar-refractivity contribution in [3.8, 4) is 5.69 Å². The van der Waals surface area contributed by atoms with Crippen LogP contribution in [0.3, 0.4) is 0 Å². The van der Waals surface area contributed by atoms with E-state index in [1.807, 2.05) is 26.0 Å². The molecule has 2 heterocycles. The number of nitrogens with zero attached hydrogens (tertiary/aromatic N) is 3. The molecule has 0 saturated heterocycles. The lowest BCUT2D eigenvalue weighted by Gasteiger charge is -2.11. The van der Waals surface area contributed by atoms with E-state index in [1.165, 1.54) is 0 Å². The van der Waals surface area contributed by atoms with Crippen molar-refractivity contribution in [2.75, 3.05) is 0 Å². The summed E-state index contributed by atoms with van der Waals surface area (Å²) in [6, 6.07) is 10.8. The Labute approximate surface area is 144 Å². The molecule has 0 unspecified atom stereocenters. The van der Waals surface area contributed by atoms with Gasteiger partial charge in [-0.05, 0) is 42.3 Å². The Morgan fingerprint density at radius 2 is 2.04 bits per heavy atom. The van der Waals surface area contributed by atoms with Crippen LogP contribution in [0.15, 0.2) is 47.1 Å². The molecule has 1 aromatic carbocycles. The van der Waals surface area contributed by atoms with Gasteiger partial charge in [0, 0.05) is 5.02 Å². The molecule has 0 fully saturated rings. The molecule has 0 atom stereocenters. The van der Waals surface area contributed by atoms with Crippen LogP contribution >= 0.6 is 11.6 Å². The Bertz CT molecular complexity index is 823. The van der Waals surface area contributed by atoms with Gasteiger partial charge in [-0.1, -0.05) is 30.7 Å². The number of rotatable bonds is 5. The number of hydrogen-bond donors (Lipinski definition) is 1. The third-order valence-corrected chi connectivity index (χ3v) is 3.79. The van der Waals surface area contributed by atoms with E-state index in [2.05, 4.69) is 15.6 Å². The summed E-state index contributed by atoms with van der Waals surface area (Å²) in [4.78, 5) is 12.5. The van der Waals surface area contributed by atoms with Crippen molar-refractivity contribution in [2.45, 2.75) is 26.3 Å². The van der Waals surface area contributed by atoms with Crippen molar-refractivity contribution in [1.29, 1.82) is 0 Å². The zero-order chi connectivity index (χ0) is 17.1. The Morgan fingerprint density at radius 1 is 1.29 bits per heavy atom. The van der Waals surface area contributed by atoms with Gasteiger partial charge >= 0.3 is 0 Å². The van der Waals surface area contributed by atoms with Gasteiger partial charge < -0.3 is 9.73 Å². The summed E-state index contributed by atoms with van der Waals surface area (Å²) in [5.74, 6) is 0.467. The Kier molecular flexibility index (Phi) is 4.66. The third-order valence-electron chi connectivity index (χ3n) is 3.54. The van der Waals surface area contributed by atoms with Gasteiger partial charge in [-0.3, -0.25) is 4.79 Å². The van der Waals surface area contributed by atoms with Crippen LogP contribution in [0.1, 0.15) is 41.7 Å². The lowest BCUT2D eigenvalue weighted by molar-refractivity contribution is 0.0941. The number of amides is 1. The number of hydrogen-bond acceptors (Lipinski definition) is 4. The largest absolute Gasteiger partial charge is 0.467 e. The number of nitrogens with one attached hydrogen (secondary N) is 1. The summed E-state index contributed by atoms with van der Waals surface area (Å²) >= 11 is 5.93. The maximum Gasteiger partial charge on any atom is 0.274 e. The van der Waals surface area contributed by atoms with Gasteiger partial charge in [0.05, 0.1) is 24.2 Å². The summed E-state index contributed by atoms with van der Waals surface area (Å²) < 4.78 is 6.88. The van der Waals surface area contributed by atoms with Gasteiger partial charge in [0.1, 0.15) is 5.76 Å². The molecule has 3 rings (SSSR count). The molecule has 2 aromatic heterocycles. The molecule has 3 aromatic rings. The predicted molar refractivity (Wildman–Crippen MR) is 90.3 cm³/mol. The molecule has 0 saturated carbocycles. The van der Waals surface area contributed by atoms with Gasteiger partial charge in [-0.15, -0.1) is 5.10 Å². The normalized spacial score (nSPS) is 11.0. The first-order valence-corrected chi connectivity index (χ1v) is 7.96. The monoisotopic (exact) mass is 344 g/mol. The van der Waals surface area contributed by atoms with Crippen LogP contribution in [-0.2, 0) is 6.54 Å². The van der Waals surface area contributed by atoms with Gasteiger partial charge in [-0.2, -0.15) is 0 Å². The Balaban J connectivity index is 1.88. The highest BCUT2D eigenvalue weighted by Gasteiger charge is 2.22. The van der Waals surface area contributed by atoms with E-state index in [0.717, 1.165) is 11.4 Å². The lowest BCUT2D eigenvalue weighted by Crippen LogP contribution is -2.24. The number of aromatic nitrogens is 3. The summed E-state index contributed by atoms with van der Waals surface area (Å²) in [6.07, 6.45) is 1.57. The minimum atomic E-state index is -0.282. The maximum atomic E-state index is 12.5. The smallest absolute Gasteiger partial charge is 0.274 e. The highest BCUT2D eigenvalue weighted by atomic mass is 35.5. The van der Waals surface area contributed by atoms with E-state index >= 15 is 0 Å². The van der Waals surface area contributed by atoms with Crippen LogP contribution in [-0.4, -0.2) is 20.9 Å². The molecule has 1 N–H and O–H groups in total. The lowest BCUT2D eigenvalue weighted by atomic mass is 10.1. The van der Waals surface area contributed by atoms with E-state index in [-0.39, 0.29) is 11.8 Å². The highest BCUT2D eigenvalue weighted by molar-refractivity contribution is 6.30. The molecule has 0 aliphatic carbocycles. The van der Waals surface area contributed by atoms with Gasteiger partial charge in [0.15, 0.2) is 5.69 Å². The molecule has 1 amide bonds. The minimum Gasteiger partial charge on any atom is -0.467 e. The molecule has 0 aliphatic rings. The van der Waals surface area contributed by atoms with Gasteiger partial charge in [0.2, 0.25) is 0 Å². The number of halogens is 1. The fourth-order valence-electron chi connectivity index (χ4n) is 2.41. The first kappa shape index (κ1) is 16.3. The average molecular weight is 345 g/mol. The minimum absolute atomic E-state index is 0.0695. The molecule has 6 nitrogen and oxygen atoms in total. The topological polar surface area (TPSA) is 73.0 Å². The number of carbonyl (C=O) groups excluding carboxylic acids is 1. The molecule has 0 bridgehead atoms. The van der Waals surface area contributed by atoms with Gasteiger partial charge in [-0.25, -0.2) is 4.68 Å². The second-order valence-corrected chi connectivity index (χ2v) is 6.06. The van der Waals surface area contributed by atoms with Gasteiger partial charge in [0.25, 0.3) is 5.91 Å². The third kappa shape index (κ3) is 3.33. The van der Waals surface area contributed by atoms with Crippen molar-refractivity contribution in [3.63, 3.8) is 0 Å². The van der Waals surface area contributed by atoms with Crippen molar-refractivity contribution < 1.29 is 9.21 Å². The number of furan rings is 1. The summed E-state index contributed by atoms with van der Waals surface area (Å²) in [5, 5.41) is 11.7. The first-order chi connectivity index (χ1) is 11.6. The zero-order valence-electron chi connectivity index (χ0n) is 13.4. The van der Waals surface area contributed by atoms with Crippen LogP contribution in [0, 0.1) is 0 Å². The van der Waals surface area contributed by atoms with Crippen molar-refractivity contribution >= 4 is 17.5 Å². The van der Waals surface area contributed by atoms with E-state index in [9.17, 15) is 4.79 Å². The number of carbonyl (C=O) groups is 1.